The molecule has 0 aliphatic carbocycles. The molecule has 0 fully saturated rings. The second kappa shape index (κ2) is 4.17. The molecule has 0 aliphatic heterocycles. The smallest absolute Gasteiger partial charge is 0.159 e. The van der Waals surface area contributed by atoms with Crippen molar-refractivity contribution in [2.24, 2.45) is 0 Å². The molecule has 0 rings (SSSR count). The lowest BCUT2D eigenvalue weighted by atomic mass is 11.0. The number of alkyl halides is 1. The molecule has 0 saturated carbocycles. The van der Waals surface area contributed by atoms with Crippen molar-refractivity contribution in [3.63, 3.8) is 0 Å². The zero-order chi connectivity index (χ0) is 4.99. The van der Waals surface area contributed by atoms with Gasteiger partial charge in [-0.25, -0.2) is 0 Å². The van der Waals surface area contributed by atoms with Gasteiger partial charge in [0.05, 0.1) is 0 Å². The Kier molecular flexibility index (Phi) is 4.86. The van der Waals surface area contributed by atoms with E-state index in [4.69, 9.17) is 11.2 Å². The first-order valence-electron chi connectivity index (χ1n) is 1.51. The standard InChI is InChI=1S/C2H5BrClOP/c3-1-2-6(4)5/h6H,1-2H2. The average Bonchev–Trinajstić information content (AvgIpc) is 1.35. The second-order valence-corrected chi connectivity index (χ2v) is 4.06. The molecule has 1 nitrogen and oxygen atoms in total. The molecule has 0 N–H and O–H groups in total. The van der Waals surface area contributed by atoms with Gasteiger partial charge >= 0.3 is 0 Å². The summed E-state index contributed by atoms with van der Waals surface area (Å²) in [5.74, 6) is 0. The summed E-state index contributed by atoms with van der Waals surface area (Å²) in [5, 5.41) is 0.744. The topological polar surface area (TPSA) is 17.1 Å². The van der Waals surface area contributed by atoms with E-state index in [1.54, 1.807) is 0 Å². The highest BCUT2D eigenvalue weighted by molar-refractivity contribution is 9.09. The van der Waals surface area contributed by atoms with Crippen molar-refractivity contribution in [2.45, 2.75) is 0 Å². The Morgan fingerprint density at radius 3 is 2.33 bits per heavy atom. The molecule has 0 aromatic heterocycles. The third kappa shape index (κ3) is 5.00. The summed E-state index contributed by atoms with van der Waals surface area (Å²) in [6.45, 7) is 0. The maximum absolute atomic E-state index is 9.96. The molecule has 0 amide bonds. The van der Waals surface area contributed by atoms with E-state index in [2.05, 4.69) is 15.9 Å². The number of rotatable bonds is 2. The van der Waals surface area contributed by atoms with Gasteiger partial charge in [0.25, 0.3) is 0 Å². The highest BCUT2D eigenvalue weighted by atomic mass is 79.9. The van der Waals surface area contributed by atoms with E-state index in [9.17, 15) is 4.57 Å². The van der Waals surface area contributed by atoms with Gasteiger partial charge in [-0.05, 0) is 0 Å². The number of halogens is 2. The lowest BCUT2D eigenvalue weighted by molar-refractivity contribution is 0.596. The fraction of sp³-hybridized carbons (Fsp3) is 1.00. The summed E-state index contributed by atoms with van der Waals surface area (Å²) in [4.78, 5) is 0. The lowest BCUT2D eigenvalue weighted by Crippen LogP contribution is -1.68. The molecule has 0 aromatic rings. The van der Waals surface area contributed by atoms with Crippen molar-refractivity contribution >= 4 is 34.3 Å². The quantitative estimate of drug-likeness (QED) is 0.482. The summed E-state index contributed by atoms with van der Waals surface area (Å²) >= 11 is 8.19. The van der Waals surface area contributed by atoms with Crippen LogP contribution in [0.25, 0.3) is 0 Å². The molecular weight excluding hydrogens is 186 g/mol. The van der Waals surface area contributed by atoms with Gasteiger partial charge in [0.2, 0.25) is 0 Å². The summed E-state index contributed by atoms with van der Waals surface area (Å²) in [5.41, 5.74) is 0. The molecule has 0 spiro atoms. The van der Waals surface area contributed by atoms with Gasteiger partial charge in [0.15, 0.2) is 7.15 Å². The van der Waals surface area contributed by atoms with Crippen LogP contribution in [0.3, 0.4) is 0 Å². The Labute approximate surface area is 50.8 Å². The summed E-state index contributed by atoms with van der Waals surface area (Å²) in [6, 6.07) is 0. The van der Waals surface area contributed by atoms with Crippen LogP contribution in [0.15, 0.2) is 0 Å². The van der Waals surface area contributed by atoms with Crippen molar-refractivity contribution in [2.75, 3.05) is 11.5 Å². The molecular formula is C2H5BrClOP. The Morgan fingerprint density at radius 1 is 1.83 bits per heavy atom. The second-order valence-electron chi connectivity index (χ2n) is 0.794. The predicted molar refractivity (Wildman–Crippen MR) is 33.5 cm³/mol. The average molecular weight is 191 g/mol. The molecule has 1 unspecified atom stereocenters. The Morgan fingerprint density at radius 2 is 2.33 bits per heavy atom. The van der Waals surface area contributed by atoms with Gasteiger partial charge in [0.1, 0.15) is 0 Å². The molecule has 0 bridgehead atoms. The summed E-state index contributed by atoms with van der Waals surface area (Å²) < 4.78 is 9.96. The van der Waals surface area contributed by atoms with E-state index in [1.807, 2.05) is 0 Å². The van der Waals surface area contributed by atoms with Crippen molar-refractivity contribution in [3.05, 3.63) is 0 Å². The Hall–Kier alpha value is 1.00. The van der Waals surface area contributed by atoms with Crippen molar-refractivity contribution in [1.82, 2.24) is 0 Å². The van der Waals surface area contributed by atoms with Crippen LogP contribution < -0.4 is 0 Å². The molecule has 4 heteroatoms. The minimum absolute atomic E-state index is 0.603. The molecule has 38 valence electrons. The van der Waals surface area contributed by atoms with Gasteiger partial charge < -0.3 is 4.57 Å². The fourth-order valence-corrected chi connectivity index (χ4v) is 2.27. The maximum atomic E-state index is 9.96. The highest BCUT2D eigenvalue weighted by Crippen LogP contribution is 2.25. The monoisotopic (exact) mass is 190 g/mol. The third-order valence-corrected chi connectivity index (χ3v) is 2.63. The van der Waals surface area contributed by atoms with E-state index in [1.165, 1.54) is 0 Å². The molecule has 6 heavy (non-hydrogen) atoms. The number of hydrogen-bond donors (Lipinski definition) is 0. The first kappa shape index (κ1) is 7.00. The first-order chi connectivity index (χ1) is 2.77. The molecule has 0 saturated heterocycles. The number of hydrogen-bond acceptors (Lipinski definition) is 1. The van der Waals surface area contributed by atoms with Crippen LogP contribution in [0.5, 0.6) is 0 Å². The minimum atomic E-state index is -1.71. The van der Waals surface area contributed by atoms with Gasteiger partial charge in [-0.2, -0.15) is 0 Å². The van der Waals surface area contributed by atoms with Crippen LogP contribution in [0.1, 0.15) is 0 Å². The van der Waals surface area contributed by atoms with E-state index in [-0.39, 0.29) is 0 Å². The van der Waals surface area contributed by atoms with Gasteiger partial charge in [-0.3, -0.25) is 0 Å². The Balaban J connectivity index is 2.83. The highest BCUT2D eigenvalue weighted by Gasteiger charge is 1.85. The molecule has 0 heterocycles. The summed E-state index contributed by atoms with van der Waals surface area (Å²) in [6.07, 6.45) is 0.603. The van der Waals surface area contributed by atoms with Crippen molar-refractivity contribution < 1.29 is 4.57 Å². The van der Waals surface area contributed by atoms with Crippen molar-refractivity contribution in [3.8, 4) is 0 Å². The fourth-order valence-electron chi connectivity index (χ4n) is 0.0743. The van der Waals surface area contributed by atoms with Gasteiger partial charge in [-0.15, -0.1) is 0 Å². The Bertz CT molecular complexity index is 57.5. The van der Waals surface area contributed by atoms with Crippen LogP contribution in [-0.2, 0) is 4.57 Å². The third-order valence-electron chi connectivity index (χ3n) is 0.291. The molecule has 0 aromatic carbocycles. The van der Waals surface area contributed by atoms with E-state index in [0.717, 1.165) is 5.33 Å². The van der Waals surface area contributed by atoms with Crippen LogP contribution in [0.4, 0.5) is 0 Å². The van der Waals surface area contributed by atoms with Gasteiger partial charge in [0, 0.05) is 11.5 Å². The largest absolute Gasteiger partial charge is 0.310 e. The zero-order valence-electron chi connectivity index (χ0n) is 3.08. The van der Waals surface area contributed by atoms with E-state index >= 15 is 0 Å². The van der Waals surface area contributed by atoms with Crippen molar-refractivity contribution in [1.29, 1.82) is 0 Å². The van der Waals surface area contributed by atoms with Crippen LogP contribution in [-0.4, -0.2) is 11.5 Å². The molecule has 0 radical (unpaired) electrons. The maximum Gasteiger partial charge on any atom is 0.159 e. The minimum Gasteiger partial charge on any atom is -0.310 e. The SMILES string of the molecule is O=[PH](Cl)CCBr. The van der Waals surface area contributed by atoms with Crippen LogP contribution in [0, 0.1) is 0 Å². The molecule has 1 atom stereocenters. The zero-order valence-corrected chi connectivity index (χ0v) is 6.42. The van der Waals surface area contributed by atoms with Crippen LogP contribution >= 0.6 is 34.3 Å². The first-order valence-corrected chi connectivity index (χ1v) is 5.26. The van der Waals surface area contributed by atoms with Crippen LogP contribution in [0.2, 0.25) is 0 Å². The lowest BCUT2D eigenvalue weighted by Gasteiger charge is -1.78. The normalized spacial score (nSPS) is 14.3. The van der Waals surface area contributed by atoms with E-state index in [0.29, 0.717) is 6.16 Å². The summed E-state index contributed by atoms with van der Waals surface area (Å²) in [7, 11) is -1.71. The van der Waals surface area contributed by atoms with Gasteiger partial charge in [-0.1, -0.05) is 27.2 Å². The van der Waals surface area contributed by atoms with E-state index < -0.39 is 7.15 Å². The molecule has 0 aliphatic rings. The predicted octanol–water partition coefficient (Wildman–Crippen LogP) is 2.09.